The molecule has 0 aliphatic heterocycles. The lowest BCUT2D eigenvalue weighted by molar-refractivity contribution is -0.122. The highest BCUT2D eigenvalue weighted by Crippen LogP contribution is 2.14. The number of hydrazone groups is 2. The van der Waals surface area contributed by atoms with Crippen LogP contribution in [0.4, 0.5) is 0 Å². The number of nitrogens with one attached hydrogen (secondary N) is 2. The molecule has 4 aromatic rings. The molecule has 208 valence electrons. The lowest BCUT2D eigenvalue weighted by Gasteiger charge is -2.06. The molecule has 0 aromatic heterocycles. The summed E-state index contributed by atoms with van der Waals surface area (Å²) >= 11 is 0. The van der Waals surface area contributed by atoms with Crippen molar-refractivity contribution in [2.75, 3.05) is 0 Å². The zero-order valence-corrected chi connectivity index (χ0v) is 22.6. The predicted octanol–water partition coefficient (Wildman–Crippen LogP) is 5.62. The summed E-state index contributed by atoms with van der Waals surface area (Å²) in [5.41, 5.74) is 8.80. The second-order valence-electron chi connectivity index (χ2n) is 9.13. The van der Waals surface area contributed by atoms with Gasteiger partial charge in [0.15, 0.2) is 0 Å². The third-order valence-corrected chi connectivity index (χ3v) is 5.87. The molecule has 0 aliphatic rings. The average Bonchev–Trinajstić information content (AvgIpc) is 3.01. The number of benzene rings is 4. The van der Waals surface area contributed by atoms with Crippen molar-refractivity contribution in [3.63, 3.8) is 0 Å². The van der Waals surface area contributed by atoms with Gasteiger partial charge in [0.05, 0.1) is 12.4 Å². The minimum atomic E-state index is -0.269. The number of nitrogens with zero attached hydrogens (tertiary/aromatic N) is 2. The molecule has 0 bridgehead atoms. The number of rotatable bonds is 14. The minimum Gasteiger partial charge on any atom is -0.489 e. The zero-order chi connectivity index (χ0) is 28.5. The molecule has 2 N–H and O–H groups in total. The van der Waals surface area contributed by atoms with Gasteiger partial charge in [-0.3, -0.25) is 9.59 Å². The quantitative estimate of drug-likeness (QED) is 0.158. The van der Waals surface area contributed by atoms with Gasteiger partial charge in [-0.1, -0.05) is 60.7 Å². The molecule has 41 heavy (non-hydrogen) atoms. The van der Waals surface area contributed by atoms with E-state index in [0.29, 0.717) is 19.6 Å². The van der Waals surface area contributed by atoms with E-state index in [-0.39, 0.29) is 24.7 Å². The Morgan fingerprint density at radius 1 is 0.561 bits per heavy atom. The topological polar surface area (TPSA) is 101 Å². The number of carbonyl (C=O) groups excluding carboxylic acids is 2. The molecule has 0 aliphatic carbocycles. The fraction of sp³-hybridized carbons (Fsp3) is 0.152. The Labute approximate surface area is 239 Å². The lowest BCUT2D eigenvalue weighted by Crippen LogP contribution is -2.20. The van der Waals surface area contributed by atoms with Crippen LogP contribution in [0.1, 0.15) is 41.5 Å². The van der Waals surface area contributed by atoms with Gasteiger partial charge < -0.3 is 9.47 Å². The molecule has 0 fully saturated rings. The van der Waals surface area contributed by atoms with Crippen LogP contribution < -0.4 is 20.3 Å². The summed E-state index contributed by atoms with van der Waals surface area (Å²) in [7, 11) is 0. The van der Waals surface area contributed by atoms with Crippen molar-refractivity contribution in [1.82, 2.24) is 10.9 Å². The number of carbonyl (C=O) groups is 2. The second-order valence-corrected chi connectivity index (χ2v) is 9.13. The Bertz CT molecular complexity index is 1310. The highest BCUT2D eigenvalue weighted by molar-refractivity contribution is 5.84. The fourth-order valence-electron chi connectivity index (χ4n) is 3.66. The van der Waals surface area contributed by atoms with Gasteiger partial charge in [-0.15, -0.1) is 0 Å². The van der Waals surface area contributed by atoms with Crippen LogP contribution in [0.5, 0.6) is 11.5 Å². The average molecular weight is 549 g/mol. The molecule has 0 atom stereocenters. The van der Waals surface area contributed by atoms with E-state index >= 15 is 0 Å². The van der Waals surface area contributed by atoms with E-state index in [4.69, 9.17) is 9.47 Å². The molecule has 0 spiro atoms. The summed E-state index contributed by atoms with van der Waals surface area (Å²) < 4.78 is 11.5. The van der Waals surface area contributed by atoms with Crippen molar-refractivity contribution in [1.29, 1.82) is 0 Å². The maximum atomic E-state index is 12.0. The zero-order valence-electron chi connectivity index (χ0n) is 22.6. The monoisotopic (exact) mass is 548 g/mol. The van der Waals surface area contributed by atoms with Crippen LogP contribution in [0.3, 0.4) is 0 Å². The van der Waals surface area contributed by atoms with Crippen molar-refractivity contribution < 1.29 is 19.1 Å². The van der Waals surface area contributed by atoms with Crippen LogP contribution in [0.25, 0.3) is 0 Å². The third kappa shape index (κ3) is 10.8. The molecule has 0 saturated carbocycles. The number of hydrogen-bond acceptors (Lipinski definition) is 6. The molecule has 4 rings (SSSR count). The van der Waals surface area contributed by atoms with Gasteiger partial charge in [-0.2, -0.15) is 10.2 Å². The van der Waals surface area contributed by atoms with Gasteiger partial charge in [-0.25, -0.2) is 10.9 Å². The largest absolute Gasteiger partial charge is 0.489 e. The number of amides is 2. The standard InChI is InChI=1S/C33H32N4O4/c38-32(36-34-22-26-14-18-30(19-15-26)40-24-28-8-3-1-4-9-28)12-7-13-33(39)37-35-23-27-16-20-31(21-17-27)41-25-29-10-5-2-6-11-29/h1-6,8-11,14-23H,7,12-13,24-25H2,(H,36,38)(H,37,39)/b34-22+,35-23+. The first kappa shape index (κ1) is 28.8. The predicted molar refractivity (Wildman–Crippen MR) is 160 cm³/mol. The highest BCUT2D eigenvalue weighted by Gasteiger charge is 2.04. The summed E-state index contributed by atoms with van der Waals surface area (Å²) in [6.45, 7) is 0.989. The van der Waals surface area contributed by atoms with Gasteiger partial charge in [0.1, 0.15) is 24.7 Å². The van der Waals surface area contributed by atoms with E-state index in [1.165, 1.54) is 0 Å². The van der Waals surface area contributed by atoms with Crippen LogP contribution in [-0.4, -0.2) is 24.2 Å². The van der Waals surface area contributed by atoms with Gasteiger partial charge in [-0.05, 0) is 77.2 Å². The fourth-order valence-corrected chi connectivity index (χ4v) is 3.66. The molecule has 8 nitrogen and oxygen atoms in total. The highest BCUT2D eigenvalue weighted by atomic mass is 16.5. The van der Waals surface area contributed by atoms with E-state index in [1.807, 2.05) is 109 Å². The molecule has 0 saturated heterocycles. The molecular formula is C33H32N4O4. The van der Waals surface area contributed by atoms with Gasteiger partial charge in [0.25, 0.3) is 0 Å². The van der Waals surface area contributed by atoms with E-state index in [9.17, 15) is 9.59 Å². The van der Waals surface area contributed by atoms with E-state index in [1.54, 1.807) is 12.4 Å². The van der Waals surface area contributed by atoms with E-state index < -0.39 is 0 Å². The Hall–Kier alpha value is -5.24. The van der Waals surface area contributed by atoms with E-state index in [0.717, 1.165) is 33.8 Å². The first-order valence-electron chi connectivity index (χ1n) is 13.3. The SMILES string of the molecule is O=C(CCCC(=O)N/N=C/c1ccc(OCc2ccccc2)cc1)N/N=C/c1ccc(OCc2ccccc2)cc1. The molecule has 0 unspecified atom stereocenters. The normalized spacial score (nSPS) is 10.9. The molecule has 2 amide bonds. The van der Waals surface area contributed by atoms with Gasteiger partial charge in [0.2, 0.25) is 11.8 Å². The Morgan fingerprint density at radius 2 is 0.951 bits per heavy atom. The molecule has 8 heteroatoms. The van der Waals surface area contributed by atoms with Crippen LogP contribution in [-0.2, 0) is 22.8 Å². The summed E-state index contributed by atoms with van der Waals surface area (Å²) in [5.74, 6) is 0.962. The van der Waals surface area contributed by atoms with Crippen LogP contribution in [0, 0.1) is 0 Å². The van der Waals surface area contributed by atoms with E-state index in [2.05, 4.69) is 21.1 Å². The molecule has 4 aromatic carbocycles. The van der Waals surface area contributed by atoms with Gasteiger partial charge >= 0.3 is 0 Å². The number of ether oxygens (including phenoxy) is 2. The van der Waals surface area contributed by atoms with Crippen LogP contribution in [0.2, 0.25) is 0 Å². The first-order chi connectivity index (χ1) is 20.1. The first-order valence-corrected chi connectivity index (χ1v) is 13.3. The maximum absolute atomic E-state index is 12.0. The third-order valence-electron chi connectivity index (χ3n) is 5.87. The summed E-state index contributed by atoms with van der Waals surface area (Å²) in [6.07, 6.45) is 3.84. The summed E-state index contributed by atoms with van der Waals surface area (Å²) in [6, 6.07) is 34.7. The molecule has 0 heterocycles. The van der Waals surface area contributed by atoms with Crippen molar-refractivity contribution in [2.24, 2.45) is 10.2 Å². The molecular weight excluding hydrogens is 516 g/mol. The maximum Gasteiger partial charge on any atom is 0.240 e. The second kappa shape index (κ2) is 16.0. The smallest absolute Gasteiger partial charge is 0.240 e. The van der Waals surface area contributed by atoms with Crippen molar-refractivity contribution in [3.8, 4) is 11.5 Å². The summed E-state index contributed by atoms with van der Waals surface area (Å²) in [4.78, 5) is 24.1. The van der Waals surface area contributed by atoms with Crippen molar-refractivity contribution in [2.45, 2.75) is 32.5 Å². The van der Waals surface area contributed by atoms with Crippen LogP contribution >= 0.6 is 0 Å². The summed E-state index contributed by atoms with van der Waals surface area (Å²) in [5, 5.41) is 7.96. The number of hydrogen-bond donors (Lipinski definition) is 2. The van der Waals surface area contributed by atoms with Gasteiger partial charge in [0, 0.05) is 12.8 Å². The van der Waals surface area contributed by atoms with Crippen molar-refractivity contribution in [3.05, 3.63) is 131 Å². The Balaban J connectivity index is 1.07. The minimum absolute atomic E-state index is 0.172. The van der Waals surface area contributed by atoms with Crippen molar-refractivity contribution >= 4 is 24.2 Å². The lowest BCUT2D eigenvalue weighted by atomic mass is 10.2. The Morgan fingerprint density at radius 3 is 1.34 bits per heavy atom. The Kier molecular flexibility index (Phi) is 11.2. The van der Waals surface area contributed by atoms with Crippen LogP contribution in [0.15, 0.2) is 119 Å². The molecule has 0 radical (unpaired) electrons.